The number of carbonyl (C=O) groups is 1. The third kappa shape index (κ3) is 4.17. The van der Waals surface area contributed by atoms with Crippen LogP contribution >= 0.6 is 0 Å². The van der Waals surface area contributed by atoms with Crippen LogP contribution in [0.25, 0.3) is 0 Å². The van der Waals surface area contributed by atoms with E-state index in [2.05, 4.69) is 0 Å². The third-order valence-corrected chi connectivity index (χ3v) is 2.65. The van der Waals surface area contributed by atoms with Gasteiger partial charge < -0.3 is 0 Å². The van der Waals surface area contributed by atoms with Crippen LogP contribution in [0, 0.1) is 23.7 Å². The van der Waals surface area contributed by atoms with Crippen LogP contribution in [-0.2, 0) is 4.79 Å². The minimum absolute atomic E-state index is 1.09. The molecule has 0 saturated carbocycles. The molecule has 0 aliphatic rings. The molecule has 2 atom stereocenters. The highest BCUT2D eigenvalue weighted by Gasteiger charge is 2.55. The topological polar surface area (TPSA) is 17.1 Å². The largest absolute Gasteiger partial charge is 0.398 e. The summed E-state index contributed by atoms with van der Waals surface area (Å²) >= 11 is 0. The van der Waals surface area contributed by atoms with E-state index in [4.69, 9.17) is 0 Å². The average Bonchev–Trinajstić information content (AvgIpc) is 1.93. The summed E-state index contributed by atoms with van der Waals surface area (Å²) in [5.41, 5.74) is 0. The first-order valence-electron chi connectivity index (χ1n) is 5.47. The lowest BCUT2D eigenvalue weighted by Gasteiger charge is -2.30. The van der Waals surface area contributed by atoms with Crippen LogP contribution in [0.2, 0.25) is 0 Å². The van der Waals surface area contributed by atoms with Crippen molar-refractivity contribution in [3.8, 4) is 0 Å². The number of Topliss-reactive ketones (excluding diaryl/α,β-unsaturated/α-hetero) is 1. The van der Waals surface area contributed by atoms with Crippen molar-refractivity contribution in [3.05, 3.63) is 0 Å². The Morgan fingerprint density at radius 3 is 1.06 bits per heavy atom. The van der Waals surface area contributed by atoms with Gasteiger partial charge in [0.2, 0.25) is 0 Å². The minimum Gasteiger partial charge on any atom is -0.298 e. The van der Waals surface area contributed by atoms with Gasteiger partial charge in [0.25, 0.3) is 0 Å². The van der Waals surface area contributed by atoms with Crippen molar-refractivity contribution >= 4 is 5.78 Å². The summed E-state index contributed by atoms with van der Waals surface area (Å²) in [6, 6.07) is 0. The van der Waals surface area contributed by atoms with Crippen molar-refractivity contribution in [2.45, 2.75) is 40.0 Å². The quantitative estimate of drug-likeness (QED) is 0.703. The summed E-state index contributed by atoms with van der Waals surface area (Å²) in [5.74, 6) is -9.39. The van der Waals surface area contributed by atoms with Crippen LogP contribution in [0.15, 0.2) is 0 Å². The van der Waals surface area contributed by atoms with Gasteiger partial charge in [0.15, 0.2) is 5.78 Å². The molecule has 0 fully saturated rings. The molecule has 0 N–H and O–H groups in total. The summed E-state index contributed by atoms with van der Waals surface area (Å²) in [6.45, 7) is 4.35. The molecule has 0 aliphatic carbocycles. The number of alkyl halides is 6. The first-order chi connectivity index (χ1) is 7.80. The molecule has 0 aromatic rings. The molecular formula is C11H16F6O. The maximum atomic E-state index is 12.6. The first kappa shape index (κ1) is 17.2. The predicted molar refractivity (Wildman–Crippen MR) is 53.8 cm³/mol. The molecule has 0 aliphatic heterocycles. The maximum absolute atomic E-state index is 12.6. The molecule has 0 heterocycles. The van der Waals surface area contributed by atoms with Gasteiger partial charge in [-0.25, -0.2) is 0 Å². The average molecular weight is 278 g/mol. The van der Waals surface area contributed by atoms with Crippen molar-refractivity contribution < 1.29 is 31.1 Å². The van der Waals surface area contributed by atoms with Gasteiger partial charge in [0.1, 0.15) is 11.8 Å². The van der Waals surface area contributed by atoms with E-state index >= 15 is 0 Å². The zero-order valence-corrected chi connectivity index (χ0v) is 10.5. The number of ketones is 1. The number of carbonyl (C=O) groups excluding carboxylic acids is 1. The van der Waals surface area contributed by atoms with E-state index in [1.165, 1.54) is 0 Å². The summed E-state index contributed by atoms with van der Waals surface area (Å²) in [5, 5.41) is 0. The van der Waals surface area contributed by atoms with Gasteiger partial charge in [-0.15, -0.1) is 0 Å². The number of hydrogen-bond acceptors (Lipinski definition) is 1. The highest BCUT2D eigenvalue weighted by Crippen LogP contribution is 2.41. The molecule has 7 heteroatoms. The van der Waals surface area contributed by atoms with Gasteiger partial charge in [-0.1, -0.05) is 27.7 Å². The molecule has 0 saturated heterocycles. The molecule has 0 spiro atoms. The third-order valence-electron chi connectivity index (χ3n) is 2.65. The summed E-state index contributed by atoms with van der Waals surface area (Å²) in [6.07, 6.45) is -9.91. The van der Waals surface area contributed by atoms with E-state index < -0.39 is 41.8 Å². The van der Waals surface area contributed by atoms with Crippen molar-refractivity contribution in [1.82, 2.24) is 0 Å². The molecule has 1 nitrogen and oxygen atoms in total. The molecule has 0 bridgehead atoms. The highest BCUT2D eigenvalue weighted by molar-refractivity contribution is 5.85. The van der Waals surface area contributed by atoms with Crippen LogP contribution in [0.1, 0.15) is 27.7 Å². The highest BCUT2D eigenvalue weighted by atomic mass is 19.4. The lowest BCUT2D eigenvalue weighted by molar-refractivity contribution is -0.216. The zero-order chi connectivity index (χ0) is 14.9. The van der Waals surface area contributed by atoms with Gasteiger partial charge in [-0.05, 0) is 11.8 Å². The molecule has 108 valence electrons. The van der Waals surface area contributed by atoms with Gasteiger partial charge in [-0.2, -0.15) is 26.3 Å². The van der Waals surface area contributed by atoms with E-state index in [9.17, 15) is 31.1 Å². The van der Waals surface area contributed by atoms with E-state index in [1.54, 1.807) is 0 Å². The number of hydrogen-bond donors (Lipinski definition) is 0. The second kappa shape index (κ2) is 5.48. The second-order valence-electron chi connectivity index (χ2n) is 4.93. The van der Waals surface area contributed by atoms with Crippen LogP contribution < -0.4 is 0 Å². The standard InChI is InChI=1S/C11H16F6O/c1-5(2)7(10(12,13)14)9(18)8(6(3)4)11(15,16)17/h5-8H,1-4H3. The van der Waals surface area contributed by atoms with E-state index in [0.717, 1.165) is 27.7 Å². The molecule has 0 aromatic carbocycles. The SMILES string of the molecule is CC(C)C(C(=O)C(C(C)C)C(F)(F)F)C(F)(F)F. The van der Waals surface area contributed by atoms with Gasteiger partial charge in [0, 0.05) is 0 Å². The summed E-state index contributed by atoms with van der Waals surface area (Å²) in [7, 11) is 0. The van der Waals surface area contributed by atoms with Crippen molar-refractivity contribution in [1.29, 1.82) is 0 Å². The molecule has 18 heavy (non-hydrogen) atoms. The smallest absolute Gasteiger partial charge is 0.298 e. The van der Waals surface area contributed by atoms with Crippen LogP contribution in [0.4, 0.5) is 26.3 Å². The first-order valence-corrected chi connectivity index (χ1v) is 5.47. The Hall–Kier alpha value is -0.750. The Morgan fingerprint density at radius 1 is 0.722 bits per heavy atom. The lowest BCUT2D eigenvalue weighted by Crippen LogP contribution is -2.45. The summed E-state index contributed by atoms with van der Waals surface area (Å²) in [4.78, 5) is 11.6. The normalized spacial score (nSPS) is 17.1. The summed E-state index contributed by atoms with van der Waals surface area (Å²) < 4.78 is 75.9. The van der Waals surface area contributed by atoms with Crippen molar-refractivity contribution in [3.63, 3.8) is 0 Å². The van der Waals surface area contributed by atoms with E-state index in [0.29, 0.717) is 0 Å². The molecule has 2 unspecified atom stereocenters. The fraction of sp³-hybridized carbons (Fsp3) is 0.909. The van der Waals surface area contributed by atoms with Crippen LogP contribution in [0.5, 0.6) is 0 Å². The van der Waals surface area contributed by atoms with Crippen molar-refractivity contribution in [2.24, 2.45) is 23.7 Å². The fourth-order valence-corrected chi connectivity index (χ4v) is 1.93. The van der Waals surface area contributed by atoms with Gasteiger partial charge >= 0.3 is 12.4 Å². The zero-order valence-electron chi connectivity index (χ0n) is 10.5. The van der Waals surface area contributed by atoms with Crippen molar-refractivity contribution in [2.75, 3.05) is 0 Å². The Kier molecular flexibility index (Phi) is 5.26. The monoisotopic (exact) mass is 278 g/mol. The lowest BCUT2D eigenvalue weighted by atomic mass is 9.79. The number of halogens is 6. The van der Waals surface area contributed by atoms with Crippen LogP contribution in [-0.4, -0.2) is 18.1 Å². The van der Waals surface area contributed by atoms with Crippen LogP contribution in [0.3, 0.4) is 0 Å². The Labute approximate surface area is 102 Å². The van der Waals surface area contributed by atoms with E-state index in [1.807, 2.05) is 0 Å². The Bertz CT molecular complexity index is 261. The molecule has 0 rings (SSSR count). The van der Waals surface area contributed by atoms with Gasteiger partial charge in [-0.3, -0.25) is 4.79 Å². The fourth-order valence-electron chi connectivity index (χ4n) is 1.93. The number of rotatable bonds is 4. The maximum Gasteiger partial charge on any atom is 0.398 e. The molecule has 0 amide bonds. The van der Waals surface area contributed by atoms with E-state index in [-0.39, 0.29) is 0 Å². The second-order valence-corrected chi connectivity index (χ2v) is 4.93. The molecule has 0 aromatic heterocycles. The minimum atomic E-state index is -4.95. The Balaban J connectivity index is 5.43. The molecular weight excluding hydrogens is 262 g/mol. The Morgan fingerprint density at radius 2 is 0.944 bits per heavy atom. The predicted octanol–water partition coefficient (Wildman–Crippen LogP) is 4.22. The van der Waals surface area contributed by atoms with Gasteiger partial charge in [0.05, 0.1) is 0 Å². The molecule has 0 radical (unpaired) electrons.